The van der Waals surface area contributed by atoms with Gasteiger partial charge in [0.1, 0.15) is 0 Å². The van der Waals surface area contributed by atoms with Crippen LogP contribution in [0.15, 0.2) is 47.0 Å². The number of hydrogen-bond acceptors (Lipinski definition) is 6. The first-order valence-electron chi connectivity index (χ1n) is 7.41. The number of carbonyl (C=O) groups excluding carboxylic acids is 1. The van der Waals surface area contributed by atoms with Crippen molar-refractivity contribution in [3.05, 3.63) is 69.6 Å². The summed E-state index contributed by atoms with van der Waals surface area (Å²) in [5.41, 5.74) is 2.25. The summed E-state index contributed by atoms with van der Waals surface area (Å²) in [5, 5.41) is 17.4. The molecule has 8 heteroatoms. The zero-order valence-corrected chi connectivity index (χ0v) is 13.5. The number of aryl methyl sites for hydroxylation is 2. The summed E-state index contributed by atoms with van der Waals surface area (Å²) in [7, 11) is 0. The maximum Gasteiger partial charge on any atom is 0.270 e. The van der Waals surface area contributed by atoms with E-state index >= 15 is 0 Å². The van der Waals surface area contributed by atoms with E-state index in [1.807, 2.05) is 13.0 Å². The van der Waals surface area contributed by atoms with Crippen molar-refractivity contribution in [2.24, 2.45) is 0 Å². The Bertz CT molecular complexity index is 965. The van der Waals surface area contributed by atoms with Crippen molar-refractivity contribution in [1.82, 2.24) is 10.1 Å². The molecule has 0 radical (unpaired) electrons. The number of nitrogens with one attached hydrogen (secondary N) is 1. The highest BCUT2D eigenvalue weighted by molar-refractivity contribution is 6.05. The molecule has 0 aliphatic rings. The summed E-state index contributed by atoms with van der Waals surface area (Å²) in [5.74, 6) is 0.517. The summed E-state index contributed by atoms with van der Waals surface area (Å²) in [4.78, 5) is 26.8. The van der Waals surface area contributed by atoms with E-state index in [-0.39, 0.29) is 11.3 Å². The second kappa shape index (κ2) is 6.52. The Balaban J connectivity index is 1.82. The van der Waals surface area contributed by atoms with Gasteiger partial charge < -0.3 is 9.84 Å². The minimum Gasteiger partial charge on any atom is -0.339 e. The lowest BCUT2D eigenvalue weighted by molar-refractivity contribution is -0.384. The van der Waals surface area contributed by atoms with Gasteiger partial charge in [-0.1, -0.05) is 11.2 Å². The van der Waals surface area contributed by atoms with Crippen molar-refractivity contribution in [2.75, 3.05) is 5.32 Å². The molecular weight excluding hydrogens is 324 g/mol. The van der Waals surface area contributed by atoms with Crippen molar-refractivity contribution in [2.45, 2.75) is 13.8 Å². The highest BCUT2D eigenvalue weighted by Gasteiger charge is 2.13. The number of anilines is 1. The zero-order chi connectivity index (χ0) is 18.0. The van der Waals surface area contributed by atoms with Crippen molar-refractivity contribution >= 4 is 17.3 Å². The van der Waals surface area contributed by atoms with Crippen LogP contribution in [0.2, 0.25) is 0 Å². The number of nitrogens with zero attached hydrogens (tertiary/aromatic N) is 3. The first kappa shape index (κ1) is 16.3. The van der Waals surface area contributed by atoms with Gasteiger partial charge in [0.25, 0.3) is 11.6 Å². The van der Waals surface area contributed by atoms with Crippen molar-refractivity contribution < 1.29 is 14.2 Å². The number of benzene rings is 2. The lowest BCUT2D eigenvalue weighted by Crippen LogP contribution is -2.13. The van der Waals surface area contributed by atoms with Crippen LogP contribution in [0.3, 0.4) is 0 Å². The van der Waals surface area contributed by atoms with Crippen LogP contribution in [0.4, 0.5) is 11.4 Å². The standard InChI is InChI=1S/C17H14N4O4/c1-10-8-12(16-18-11(2)25-20-16)6-7-15(10)19-17(22)13-4-3-5-14(9-13)21(23)24/h3-9H,1-2H3,(H,19,22). The number of hydrogen-bond donors (Lipinski definition) is 1. The predicted molar refractivity (Wildman–Crippen MR) is 90.3 cm³/mol. The maximum atomic E-state index is 12.3. The van der Waals surface area contributed by atoms with Crippen LogP contribution in [-0.4, -0.2) is 21.0 Å². The Labute approximate surface area is 142 Å². The number of carbonyl (C=O) groups is 1. The lowest BCUT2D eigenvalue weighted by atomic mass is 10.1. The van der Waals surface area contributed by atoms with Gasteiger partial charge in [-0.25, -0.2) is 0 Å². The van der Waals surface area contributed by atoms with Gasteiger partial charge in [0.05, 0.1) is 4.92 Å². The SMILES string of the molecule is Cc1nc(-c2ccc(NC(=O)c3cccc([N+](=O)[O-])c3)c(C)c2)no1. The van der Waals surface area contributed by atoms with E-state index < -0.39 is 10.8 Å². The van der Waals surface area contributed by atoms with E-state index in [0.29, 0.717) is 17.4 Å². The molecule has 1 N–H and O–H groups in total. The molecule has 0 aliphatic carbocycles. The van der Waals surface area contributed by atoms with Crippen LogP contribution in [0, 0.1) is 24.0 Å². The van der Waals surface area contributed by atoms with E-state index in [9.17, 15) is 14.9 Å². The molecule has 126 valence electrons. The van der Waals surface area contributed by atoms with Crippen LogP contribution in [0.1, 0.15) is 21.8 Å². The number of amides is 1. The van der Waals surface area contributed by atoms with Gasteiger partial charge in [0.2, 0.25) is 11.7 Å². The smallest absolute Gasteiger partial charge is 0.270 e. The second-order valence-electron chi connectivity index (χ2n) is 5.43. The van der Waals surface area contributed by atoms with Gasteiger partial charge in [-0.15, -0.1) is 0 Å². The summed E-state index contributed by atoms with van der Waals surface area (Å²) in [6.45, 7) is 3.54. The number of nitro groups is 1. The largest absolute Gasteiger partial charge is 0.339 e. The summed E-state index contributed by atoms with van der Waals surface area (Å²) < 4.78 is 4.96. The van der Waals surface area contributed by atoms with E-state index in [1.54, 1.807) is 19.1 Å². The summed E-state index contributed by atoms with van der Waals surface area (Å²) >= 11 is 0. The zero-order valence-electron chi connectivity index (χ0n) is 13.5. The first-order chi connectivity index (χ1) is 11.9. The minimum absolute atomic E-state index is 0.132. The number of aromatic nitrogens is 2. The van der Waals surface area contributed by atoms with Gasteiger partial charge in [0.15, 0.2) is 0 Å². The molecular formula is C17H14N4O4. The third kappa shape index (κ3) is 3.52. The quantitative estimate of drug-likeness (QED) is 0.575. The van der Waals surface area contributed by atoms with Crippen LogP contribution >= 0.6 is 0 Å². The topological polar surface area (TPSA) is 111 Å². The molecule has 0 saturated heterocycles. The number of rotatable bonds is 4. The molecule has 1 aromatic heterocycles. The molecule has 3 rings (SSSR count). The van der Waals surface area contributed by atoms with E-state index in [0.717, 1.165) is 11.1 Å². The molecule has 2 aromatic carbocycles. The average Bonchev–Trinajstić information content (AvgIpc) is 3.03. The molecule has 1 amide bonds. The Morgan fingerprint density at radius 3 is 2.64 bits per heavy atom. The van der Waals surface area contributed by atoms with Gasteiger partial charge in [0, 0.05) is 35.9 Å². The molecule has 0 fully saturated rings. The molecule has 0 bridgehead atoms. The Hall–Kier alpha value is -3.55. The van der Waals surface area contributed by atoms with Gasteiger partial charge in [-0.05, 0) is 36.8 Å². The van der Waals surface area contributed by atoms with E-state index in [4.69, 9.17) is 4.52 Å². The molecule has 0 unspecified atom stereocenters. The van der Waals surface area contributed by atoms with E-state index in [2.05, 4.69) is 15.5 Å². The van der Waals surface area contributed by atoms with Crippen molar-refractivity contribution in [1.29, 1.82) is 0 Å². The fraction of sp³-hybridized carbons (Fsp3) is 0.118. The molecule has 3 aromatic rings. The molecule has 25 heavy (non-hydrogen) atoms. The maximum absolute atomic E-state index is 12.3. The van der Waals surface area contributed by atoms with Crippen LogP contribution in [0.25, 0.3) is 11.4 Å². The fourth-order valence-corrected chi connectivity index (χ4v) is 2.31. The average molecular weight is 338 g/mol. The lowest BCUT2D eigenvalue weighted by Gasteiger charge is -2.09. The van der Waals surface area contributed by atoms with Gasteiger partial charge >= 0.3 is 0 Å². The molecule has 0 spiro atoms. The minimum atomic E-state index is -0.538. The Kier molecular flexibility index (Phi) is 4.25. The first-order valence-corrected chi connectivity index (χ1v) is 7.41. The number of nitro benzene ring substituents is 1. The van der Waals surface area contributed by atoms with Crippen LogP contribution in [0.5, 0.6) is 0 Å². The summed E-state index contributed by atoms with van der Waals surface area (Å²) in [6.07, 6.45) is 0. The predicted octanol–water partition coefficient (Wildman–Crippen LogP) is 3.51. The van der Waals surface area contributed by atoms with E-state index in [1.165, 1.54) is 24.3 Å². The van der Waals surface area contributed by atoms with Gasteiger partial charge in [-0.2, -0.15) is 4.98 Å². The Morgan fingerprint density at radius 1 is 1.20 bits per heavy atom. The van der Waals surface area contributed by atoms with Crippen molar-refractivity contribution in [3.63, 3.8) is 0 Å². The third-order valence-electron chi connectivity index (χ3n) is 3.58. The van der Waals surface area contributed by atoms with Crippen LogP contribution in [-0.2, 0) is 0 Å². The number of non-ortho nitro benzene ring substituents is 1. The molecule has 8 nitrogen and oxygen atoms in total. The molecule has 0 saturated carbocycles. The third-order valence-corrected chi connectivity index (χ3v) is 3.58. The van der Waals surface area contributed by atoms with Crippen LogP contribution < -0.4 is 5.32 Å². The Morgan fingerprint density at radius 2 is 2.00 bits per heavy atom. The molecule has 1 heterocycles. The highest BCUT2D eigenvalue weighted by Crippen LogP contribution is 2.24. The molecule has 0 atom stereocenters. The second-order valence-corrected chi connectivity index (χ2v) is 5.43. The molecule has 0 aliphatic heterocycles. The van der Waals surface area contributed by atoms with Gasteiger partial charge in [-0.3, -0.25) is 14.9 Å². The monoisotopic (exact) mass is 338 g/mol. The highest BCUT2D eigenvalue weighted by atomic mass is 16.6. The van der Waals surface area contributed by atoms with Crippen molar-refractivity contribution in [3.8, 4) is 11.4 Å². The summed E-state index contributed by atoms with van der Waals surface area (Å²) in [6, 6.07) is 10.9. The fourth-order valence-electron chi connectivity index (χ4n) is 2.31. The normalized spacial score (nSPS) is 10.5.